The molecule has 0 radical (unpaired) electrons. The third-order valence-corrected chi connectivity index (χ3v) is 5.77. The van der Waals surface area contributed by atoms with E-state index in [1.165, 1.54) is 7.11 Å². The number of methoxy groups -OCH3 is 2. The zero-order valence-electron chi connectivity index (χ0n) is 14.0. The lowest BCUT2D eigenvalue weighted by Crippen LogP contribution is -2.28. The lowest BCUT2D eigenvalue weighted by atomic mass is 10.1. The van der Waals surface area contributed by atoms with Gasteiger partial charge in [0, 0.05) is 11.6 Å². The molecular formula is C17H19Cl2NO4S. The van der Waals surface area contributed by atoms with Crippen LogP contribution in [0.25, 0.3) is 0 Å². The van der Waals surface area contributed by atoms with Gasteiger partial charge in [-0.15, -0.1) is 0 Å². The molecule has 0 amide bonds. The first-order valence-corrected chi connectivity index (χ1v) is 9.82. The number of rotatable bonds is 7. The van der Waals surface area contributed by atoms with Crippen LogP contribution < -0.4 is 14.2 Å². The summed E-state index contributed by atoms with van der Waals surface area (Å²) < 4.78 is 38.1. The first kappa shape index (κ1) is 19.8. The second-order valence-corrected chi connectivity index (χ2v) is 8.02. The molecule has 5 nitrogen and oxygen atoms in total. The average molecular weight is 404 g/mol. The Hall–Kier alpha value is -1.47. The van der Waals surface area contributed by atoms with Crippen molar-refractivity contribution in [2.24, 2.45) is 0 Å². The summed E-state index contributed by atoms with van der Waals surface area (Å²) in [7, 11) is -0.528. The molecule has 136 valence electrons. The normalized spacial score (nSPS) is 12.7. The largest absolute Gasteiger partial charge is 0.497 e. The molecule has 0 bridgehead atoms. The summed E-state index contributed by atoms with van der Waals surface area (Å²) in [4.78, 5) is 0. The molecule has 0 aliphatic rings. The molecule has 0 heterocycles. The molecule has 2 aromatic rings. The maximum absolute atomic E-state index is 12.5. The van der Waals surface area contributed by atoms with E-state index < -0.39 is 16.1 Å². The van der Waals surface area contributed by atoms with Crippen LogP contribution >= 0.6 is 23.2 Å². The van der Waals surface area contributed by atoms with Crippen molar-refractivity contribution in [3.8, 4) is 11.5 Å². The van der Waals surface area contributed by atoms with Crippen LogP contribution in [0, 0.1) is 0 Å². The molecule has 0 fully saturated rings. The molecule has 0 unspecified atom stereocenters. The van der Waals surface area contributed by atoms with Crippen LogP contribution in [0.5, 0.6) is 11.5 Å². The van der Waals surface area contributed by atoms with E-state index in [1.54, 1.807) is 50.4 Å². The highest BCUT2D eigenvalue weighted by Gasteiger charge is 2.20. The van der Waals surface area contributed by atoms with E-state index in [1.807, 2.05) is 0 Å². The molecular weight excluding hydrogens is 385 g/mol. The fourth-order valence-electron chi connectivity index (χ4n) is 2.40. The van der Waals surface area contributed by atoms with Crippen molar-refractivity contribution in [3.05, 3.63) is 57.6 Å². The minimum Gasteiger partial charge on any atom is -0.497 e. The quantitative estimate of drug-likeness (QED) is 0.752. The zero-order chi connectivity index (χ0) is 18.6. The fourth-order valence-corrected chi connectivity index (χ4v) is 4.09. The third kappa shape index (κ3) is 5.25. The van der Waals surface area contributed by atoms with Crippen LogP contribution in [0.1, 0.15) is 24.1 Å². The summed E-state index contributed by atoms with van der Waals surface area (Å²) in [5.74, 6) is 0.984. The van der Waals surface area contributed by atoms with Gasteiger partial charge in [-0.1, -0.05) is 29.3 Å². The Morgan fingerprint density at radius 3 is 2.36 bits per heavy atom. The summed E-state index contributed by atoms with van der Waals surface area (Å²) in [5, 5.41) is 0.696. The highest BCUT2D eigenvalue weighted by atomic mass is 35.5. The second kappa shape index (κ2) is 8.27. The molecule has 0 aromatic heterocycles. The summed E-state index contributed by atoms with van der Waals surface area (Å²) >= 11 is 11.8. The predicted molar refractivity (Wildman–Crippen MR) is 100 cm³/mol. The van der Waals surface area contributed by atoms with Crippen molar-refractivity contribution in [2.45, 2.75) is 18.7 Å². The van der Waals surface area contributed by atoms with E-state index in [9.17, 15) is 8.42 Å². The van der Waals surface area contributed by atoms with Gasteiger partial charge in [0.05, 0.1) is 30.0 Å². The highest BCUT2D eigenvalue weighted by Crippen LogP contribution is 2.30. The van der Waals surface area contributed by atoms with Crippen LogP contribution in [-0.4, -0.2) is 22.6 Å². The Bertz CT molecular complexity index is 856. The van der Waals surface area contributed by atoms with Gasteiger partial charge in [0.15, 0.2) is 0 Å². The maximum Gasteiger partial charge on any atom is 0.216 e. The number of hydrogen-bond donors (Lipinski definition) is 1. The van der Waals surface area contributed by atoms with Crippen molar-refractivity contribution < 1.29 is 17.9 Å². The van der Waals surface area contributed by atoms with E-state index in [0.717, 1.165) is 0 Å². The van der Waals surface area contributed by atoms with Gasteiger partial charge in [-0.25, -0.2) is 13.1 Å². The molecule has 1 atom stereocenters. The summed E-state index contributed by atoms with van der Waals surface area (Å²) in [6, 6.07) is 9.47. The third-order valence-electron chi connectivity index (χ3n) is 3.60. The molecule has 0 spiro atoms. The maximum atomic E-state index is 12.5. The first-order chi connectivity index (χ1) is 11.8. The van der Waals surface area contributed by atoms with Crippen molar-refractivity contribution in [1.82, 2.24) is 4.72 Å². The van der Waals surface area contributed by atoms with E-state index in [2.05, 4.69) is 4.72 Å². The predicted octanol–water partition coefficient (Wildman–Crippen LogP) is 4.19. The lowest BCUT2D eigenvalue weighted by molar-refractivity contribution is 0.395. The fraction of sp³-hybridized carbons (Fsp3) is 0.294. The second-order valence-electron chi connectivity index (χ2n) is 5.45. The van der Waals surface area contributed by atoms with Gasteiger partial charge in [0.2, 0.25) is 10.0 Å². The van der Waals surface area contributed by atoms with Crippen LogP contribution in [0.2, 0.25) is 10.0 Å². The first-order valence-electron chi connectivity index (χ1n) is 7.41. The molecule has 25 heavy (non-hydrogen) atoms. The van der Waals surface area contributed by atoms with Crippen molar-refractivity contribution >= 4 is 33.2 Å². The van der Waals surface area contributed by atoms with Gasteiger partial charge >= 0.3 is 0 Å². The number of sulfonamides is 1. The number of ether oxygens (including phenoxy) is 2. The van der Waals surface area contributed by atoms with E-state index in [-0.39, 0.29) is 5.75 Å². The van der Waals surface area contributed by atoms with Gasteiger partial charge in [-0.05, 0) is 42.8 Å². The molecule has 0 saturated carbocycles. The van der Waals surface area contributed by atoms with Gasteiger partial charge in [0.1, 0.15) is 11.5 Å². The van der Waals surface area contributed by atoms with Gasteiger partial charge in [0.25, 0.3) is 0 Å². The lowest BCUT2D eigenvalue weighted by Gasteiger charge is -2.18. The van der Waals surface area contributed by atoms with Gasteiger partial charge in [-0.2, -0.15) is 0 Å². The molecule has 2 aromatic carbocycles. The Morgan fingerprint density at radius 1 is 1.04 bits per heavy atom. The Labute approximate surface area is 157 Å². The Balaban J connectivity index is 2.20. The van der Waals surface area contributed by atoms with Gasteiger partial charge in [-0.3, -0.25) is 0 Å². The summed E-state index contributed by atoms with van der Waals surface area (Å²) in [6.07, 6.45) is 0. The highest BCUT2D eigenvalue weighted by molar-refractivity contribution is 7.88. The number of benzene rings is 2. The smallest absolute Gasteiger partial charge is 0.216 e. The van der Waals surface area contributed by atoms with E-state index in [0.29, 0.717) is 32.7 Å². The summed E-state index contributed by atoms with van der Waals surface area (Å²) in [5.41, 5.74) is 1.23. The molecule has 0 aliphatic heterocycles. The average Bonchev–Trinajstić information content (AvgIpc) is 2.56. The zero-order valence-corrected chi connectivity index (χ0v) is 16.4. The van der Waals surface area contributed by atoms with Crippen LogP contribution in [0.4, 0.5) is 0 Å². The molecule has 0 saturated heterocycles. The standard InChI is InChI=1S/C17H19Cl2NO4S/c1-11(14-9-13(23-2)5-7-17(14)24-3)20-25(21,22)10-12-4-6-15(18)16(19)8-12/h4-9,11,20H,10H2,1-3H3/t11-/m0/s1. The molecule has 0 aliphatic carbocycles. The minimum atomic E-state index is -3.60. The molecule has 1 N–H and O–H groups in total. The minimum absolute atomic E-state index is 0.208. The molecule has 2 rings (SSSR count). The van der Waals surface area contributed by atoms with E-state index >= 15 is 0 Å². The van der Waals surface area contributed by atoms with Crippen LogP contribution in [0.15, 0.2) is 36.4 Å². The van der Waals surface area contributed by atoms with Crippen molar-refractivity contribution in [2.75, 3.05) is 14.2 Å². The molecule has 8 heteroatoms. The van der Waals surface area contributed by atoms with Crippen molar-refractivity contribution in [1.29, 1.82) is 0 Å². The summed E-state index contributed by atoms with van der Waals surface area (Å²) in [6.45, 7) is 1.74. The monoisotopic (exact) mass is 403 g/mol. The number of nitrogens with one attached hydrogen (secondary N) is 1. The number of hydrogen-bond acceptors (Lipinski definition) is 4. The van der Waals surface area contributed by atoms with Crippen LogP contribution in [-0.2, 0) is 15.8 Å². The van der Waals surface area contributed by atoms with Gasteiger partial charge < -0.3 is 9.47 Å². The van der Waals surface area contributed by atoms with E-state index in [4.69, 9.17) is 32.7 Å². The Kier molecular flexibility index (Phi) is 6.57. The number of halogens is 2. The Morgan fingerprint density at radius 2 is 1.76 bits per heavy atom. The van der Waals surface area contributed by atoms with Crippen molar-refractivity contribution in [3.63, 3.8) is 0 Å². The van der Waals surface area contributed by atoms with Crippen LogP contribution in [0.3, 0.4) is 0 Å². The topological polar surface area (TPSA) is 64.6 Å². The SMILES string of the molecule is COc1ccc(OC)c([C@H](C)NS(=O)(=O)Cc2ccc(Cl)c(Cl)c2)c1.